The number of aryl methyl sites for hydroxylation is 1. The summed E-state index contributed by atoms with van der Waals surface area (Å²) < 4.78 is 19.0. The van der Waals surface area contributed by atoms with Gasteiger partial charge in [-0.15, -0.1) is 0 Å². The Balaban J connectivity index is 1.51. The van der Waals surface area contributed by atoms with Crippen molar-refractivity contribution in [2.45, 2.75) is 31.6 Å². The van der Waals surface area contributed by atoms with Gasteiger partial charge in [0.15, 0.2) is 17.6 Å². The Labute approximate surface area is 162 Å². The van der Waals surface area contributed by atoms with E-state index in [1.54, 1.807) is 22.8 Å². The lowest BCUT2D eigenvalue weighted by molar-refractivity contribution is -0.143. The molecule has 144 valence electrons. The summed E-state index contributed by atoms with van der Waals surface area (Å²) >= 11 is 6.25. The fourth-order valence-corrected chi connectivity index (χ4v) is 3.64. The van der Waals surface area contributed by atoms with Crippen molar-refractivity contribution in [3.63, 3.8) is 0 Å². The Hall–Kier alpha value is -2.25. The van der Waals surface area contributed by atoms with Crippen LogP contribution < -0.4 is 9.47 Å². The van der Waals surface area contributed by atoms with Gasteiger partial charge in [-0.1, -0.05) is 23.7 Å². The first-order chi connectivity index (χ1) is 13.1. The number of rotatable bonds is 5. The molecule has 2 atom stereocenters. The van der Waals surface area contributed by atoms with Crippen molar-refractivity contribution < 1.29 is 19.0 Å². The summed E-state index contributed by atoms with van der Waals surface area (Å²) in [5, 5.41) is 4.90. The Morgan fingerprint density at radius 2 is 2.19 bits per heavy atom. The van der Waals surface area contributed by atoms with Crippen LogP contribution in [-0.4, -0.2) is 52.6 Å². The lowest BCUT2D eigenvalue weighted by Crippen LogP contribution is -2.46. The first-order valence-corrected chi connectivity index (χ1v) is 9.45. The zero-order valence-electron chi connectivity index (χ0n) is 15.1. The molecular weight excluding hydrogens is 370 g/mol. The molecule has 0 radical (unpaired) electrons. The number of nitrogens with zero attached hydrogens (tertiary/aromatic N) is 3. The lowest BCUT2D eigenvalue weighted by atomic mass is 10.2. The Morgan fingerprint density at radius 1 is 1.37 bits per heavy atom. The number of carbonyl (C=O) groups is 1. The zero-order chi connectivity index (χ0) is 18.8. The van der Waals surface area contributed by atoms with E-state index in [0.717, 1.165) is 18.6 Å². The van der Waals surface area contributed by atoms with Crippen LogP contribution in [0.3, 0.4) is 0 Å². The average molecular weight is 392 g/mol. The Bertz CT molecular complexity index is 819. The third-order valence-electron chi connectivity index (χ3n) is 4.70. The fourth-order valence-electron chi connectivity index (χ4n) is 3.40. The van der Waals surface area contributed by atoms with Crippen LogP contribution in [0.15, 0.2) is 30.5 Å². The van der Waals surface area contributed by atoms with E-state index >= 15 is 0 Å². The molecule has 1 amide bonds. The Morgan fingerprint density at radius 3 is 2.89 bits per heavy atom. The van der Waals surface area contributed by atoms with Crippen molar-refractivity contribution in [1.82, 2.24) is 14.7 Å². The lowest BCUT2D eigenvalue weighted by Gasteiger charge is -2.32. The van der Waals surface area contributed by atoms with Gasteiger partial charge in [0.1, 0.15) is 18.4 Å². The maximum atomic E-state index is 13.0. The molecule has 0 aliphatic carbocycles. The van der Waals surface area contributed by atoms with E-state index in [1.807, 2.05) is 24.3 Å². The molecule has 7 nitrogen and oxygen atoms in total. The van der Waals surface area contributed by atoms with E-state index < -0.39 is 6.10 Å². The molecule has 2 aliphatic rings. The van der Waals surface area contributed by atoms with Crippen molar-refractivity contribution in [3.8, 4) is 11.5 Å². The predicted molar refractivity (Wildman–Crippen MR) is 99.0 cm³/mol. The molecule has 1 fully saturated rings. The number of carbonyl (C=O) groups excluding carboxylic acids is 1. The standard InChI is InChI=1S/C19H22ClN3O4/c1-22-10-14(20)15(21-22)11-23(19(24)18-7-4-8-25-18)9-13-12-26-16-5-2-3-6-17(16)27-13/h2-3,5-6,10,13,18H,4,7-9,11-12H2,1H3/t13-,18+/m1/s1. The maximum absolute atomic E-state index is 13.0. The first-order valence-electron chi connectivity index (χ1n) is 9.07. The monoisotopic (exact) mass is 391 g/mol. The molecule has 2 aromatic rings. The van der Waals surface area contributed by atoms with Crippen molar-refractivity contribution in [2.24, 2.45) is 7.05 Å². The number of fused-ring (bicyclic) bond motifs is 1. The summed E-state index contributed by atoms with van der Waals surface area (Å²) in [4.78, 5) is 14.7. The minimum atomic E-state index is -0.413. The molecule has 0 N–H and O–H groups in total. The number of amides is 1. The highest BCUT2D eigenvalue weighted by Crippen LogP contribution is 2.31. The number of aromatic nitrogens is 2. The van der Waals surface area contributed by atoms with Crippen LogP contribution in [0, 0.1) is 0 Å². The second-order valence-electron chi connectivity index (χ2n) is 6.82. The summed E-state index contributed by atoms with van der Waals surface area (Å²) in [6.07, 6.45) is 2.67. The molecule has 0 spiro atoms. The normalized spacial score (nSPS) is 21.3. The summed E-state index contributed by atoms with van der Waals surface area (Å²) in [7, 11) is 1.80. The molecule has 0 saturated carbocycles. The van der Waals surface area contributed by atoms with Gasteiger partial charge in [-0.3, -0.25) is 9.48 Å². The van der Waals surface area contributed by atoms with Crippen LogP contribution in [-0.2, 0) is 23.1 Å². The molecule has 8 heteroatoms. The second kappa shape index (κ2) is 7.78. The number of benzene rings is 1. The van der Waals surface area contributed by atoms with Crippen LogP contribution in [0.5, 0.6) is 11.5 Å². The van der Waals surface area contributed by atoms with Crippen molar-refractivity contribution in [1.29, 1.82) is 0 Å². The smallest absolute Gasteiger partial charge is 0.252 e. The highest BCUT2D eigenvalue weighted by Gasteiger charge is 2.32. The number of ether oxygens (including phenoxy) is 3. The quantitative estimate of drug-likeness (QED) is 0.783. The predicted octanol–water partition coefficient (Wildman–Crippen LogP) is 2.42. The number of halogens is 1. The van der Waals surface area contributed by atoms with E-state index in [4.69, 9.17) is 25.8 Å². The van der Waals surface area contributed by atoms with Crippen LogP contribution in [0.4, 0.5) is 0 Å². The van der Waals surface area contributed by atoms with Crippen molar-refractivity contribution >= 4 is 17.5 Å². The van der Waals surface area contributed by atoms with Crippen molar-refractivity contribution in [3.05, 3.63) is 41.2 Å². The molecule has 3 heterocycles. The minimum absolute atomic E-state index is 0.0586. The SMILES string of the molecule is Cn1cc(Cl)c(CN(C[C@@H]2COc3ccccc3O2)C(=O)[C@@H]2CCCO2)n1. The van der Waals surface area contributed by atoms with Gasteiger partial charge in [0.05, 0.1) is 18.1 Å². The highest BCUT2D eigenvalue weighted by molar-refractivity contribution is 6.31. The van der Waals surface area contributed by atoms with Crippen LogP contribution in [0.1, 0.15) is 18.5 Å². The van der Waals surface area contributed by atoms with Crippen LogP contribution >= 0.6 is 11.6 Å². The third kappa shape index (κ3) is 4.04. The molecule has 1 saturated heterocycles. The van der Waals surface area contributed by atoms with E-state index in [9.17, 15) is 4.79 Å². The largest absolute Gasteiger partial charge is 0.486 e. The van der Waals surface area contributed by atoms with Gasteiger partial charge < -0.3 is 19.1 Å². The first kappa shape index (κ1) is 18.1. The van der Waals surface area contributed by atoms with Gasteiger partial charge in [0, 0.05) is 19.9 Å². The van der Waals surface area contributed by atoms with E-state index in [1.165, 1.54) is 0 Å². The van der Waals surface area contributed by atoms with Crippen LogP contribution in [0.2, 0.25) is 5.02 Å². The zero-order valence-corrected chi connectivity index (χ0v) is 15.9. The number of para-hydroxylation sites is 2. The minimum Gasteiger partial charge on any atom is -0.486 e. The highest BCUT2D eigenvalue weighted by atomic mass is 35.5. The summed E-state index contributed by atoms with van der Waals surface area (Å²) in [5.41, 5.74) is 0.655. The third-order valence-corrected chi connectivity index (χ3v) is 5.02. The number of hydrogen-bond donors (Lipinski definition) is 0. The van der Waals surface area contributed by atoms with E-state index in [2.05, 4.69) is 5.10 Å². The van der Waals surface area contributed by atoms with Gasteiger partial charge >= 0.3 is 0 Å². The second-order valence-corrected chi connectivity index (χ2v) is 7.22. The van der Waals surface area contributed by atoms with E-state index in [0.29, 0.717) is 42.8 Å². The van der Waals surface area contributed by atoms with Gasteiger partial charge in [-0.25, -0.2) is 0 Å². The summed E-state index contributed by atoms with van der Waals surface area (Å²) in [5.74, 6) is 1.35. The molecule has 0 unspecified atom stereocenters. The summed E-state index contributed by atoms with van der Waals surface area (Å²) in [6, 6.07) is 7.53. The van der Waals surface area contributed by atoms with Gasteiger partial charge in [-0.2, -0.15) is 5.10 Å². The number of hydrogen-bond acceptors (Lipinski definition) is 5. The van der Waals surface area contributed by atoms with E-state index in [-0.39, 0.29) is 12.0 Å². The topological polar surface area (TPSA) is 65.8 Å². The molecule has 1 aromatic heterocycles. The van der Waals surface area contributed by atoms with Crippen molar-refractivity contribution in [2.75, 3.05) is 19.8 Å². The summed E-state index contributed by atoms with van der Waals surface area (Å²) in [6.45, 7) is 1.67. The van der Waals surface area contributed by atoms with Gasteiger partial charge in [0.2, 0.25) is 0 Å². The Kier molecular flexibility index (Phi) is 5.22. The average Bonchev–Trinajstić information content (AvgIpc) is 3.30. The van der Waals surface area contributed by atoms with Crippen LogP contribution in [0.25, 0.3) is 0 Å². The molecule has 2 aliphatic heterocycles. The molecule has 1 aromatic carbocycles. The molecule has 27 heavy (non-hydrogen) atoms. The molecule has 0 bridgehead atoms. The molecule has 4 rings (SSSR count). The van der Waals surface area contributed by atoms with Gasteiger partial charge in [-0.05, 0) is 25.0 Å². The van der Waals surface area contributed by atoms with Gasteiger partial charge in [0.25, 0.3) is 5.91 Å². The molecular formula is C19H22ClN3O4. The maximum Gasteiger partial charge on any atom is 0.252 e. The fraction of sp³-hybridized carbons (Fsp3) is 0.474.